The van der Waals surface area contributed by atoms with Crippen LogP contribution >= 0.6 is 0 Å². The topological polar surface area (TPSA) is 75.9 Å². The molecule has 100 valence electrons. The maximum absolute atomic E-state index is 5.70. The average Bonchev–Trinajstić information content (AvgIpc) is 2.70. The highest BCUT2D eigenvalue weighted by molar-refractivity contribution is 5.51. The van der Waals surface area contributed by atoms with E-state index in [1.165, 1.54) is 19.3 Å². The van der Waals surface area contributed by atoms with E-state index < -0.39 is 0 Å². The van der Waals surface area contributed by atoms with Crippen LogP contribution in [0.1, 0.15) is 33.1 Å². The molecule has 1 saturated carbocycles. The van der Waals surface area contributed by atoms with E-state index in [9.17, 15) is 0 Å². The Morgan fingerprint density at radius 1 is 1.33 bits per heavy atom. The van der Waals surface area contributed by atoms with Gasteiger partial charge in [-0.15, -0.1) is 0 Å². The van der Waals surface area contributed by atoms with Crippen LogP contribution in [0.5, 0.6) is 0 Å². The Kier molecular flexibility index (Phi) is 3.89. The average molecular weight is 249 g/mol. The van der Waals surface area contributed by atoms with Crippen molar-refractivity contribution in [3.05, 3.63) is 6.07 Å². The van der Waals surface area contributed by atoms with Crippen molar-refractivity contribution in [2.24, 2.45) is 11.8 Å². The van der Waals surface area contributed by atoms with Gasteiger partial charge in [-0.05, 0) is 24.7 Å². The molecule has 1 aromatic heterocycles. The second kappa shape index (κ2) is 5.42. The SMILES string of the molecule is CCC1CCC(Nc2cc(NC)nc(N)n2)C1C. The fourth-order valence-electron chi connectivity index (χ4n) is 2.89. The lowest BCUT2D eigenvalue weighted by Crippen LogP contribution is -2.25. The van der Waals surface area contributed by atoms with Gasteiger partial charge >= 0.3 is 0 Å². The van der Waals surface area contributed by atoms with Crippen molar-refractivity contribution in [2.45, 2.75) is 39.2 Å². The Hall–Kier alpha value is -1.52. The molecule has 2 rings (SSSR count). The van der Waals surface area contributed by atoms with Crippen molar-refractivity contribution in [3.63, 3.8) is 0 Å². The summed E-state index contributed by atoms with van der Waals surface area (Å²) in [5.74, 6) is 3.39. The van der Waals surface area contributed by atoms with Gasteiger partial charge in [-0.1, -0.05) is 20.3 Å². The third-order valence-corrected chi connectivity index (χ3v) is 4.08. The van der Waals surface area contributed by atoms with Gasteiger partial charge in [0.05, 0.1) is 0 Å². The molecule has 0 spiro atoms. The molecule has 0 amide bonds. The number of rotatable bonds is 4. The number of nitrogens with zero attached hydrogens (tertiary/aromatic N) is 2. The van der Waals surface area contributed by atoms with Gasteiger partial charge in [-0.2, -0.15) is 9.97 Å². The maximum atomic E-state index is 5.70. The van der Waals surface area contributed by atoms with Gasteiger partial charge in [0.25, 0.3) is 0 Å². The third kappa shape index (κ3) is 2.66. The van der Waals surface area contributed by atoms with Gasteiger partial charge in [0.15, 0.2) is 0 Å². The van der Waals surface area contributed by atoms with Gasteiger partial charge < -0.3 is 16.4 Å². The Morgan fingerprint density at radius 3 is 2.67 bits per heavy atom. The van der Waals surface area contributed by atoms with Crippen LogP contribution in [0.2, 0.25) is 0 Å². The fourth-order valence-corrected chi connectivity index (χ4v) is 2.89. The van der Waals surface area contributed by atoms with Crippen molar-refractivity contribution in [3.8, 4) is 0 Å². The Bertz CT molecular complexity index is 406. The number of hydrogen-bond donors (Lipinski definition) is 3. The summed E-state index contributed by atoms with van der Waals surface area (Å²) in [7, 11) is 1.83. The fraction of sp³-hybridized carbons (Fsp3) is 0.692. The third-order valence-electron chi connectivity index (χ3n) is 4.08. The Morgan fingerprint density at radius 2 is 2.06 bits per heavy atom. The molecule has 3 unspecified atom stereocenters. The van der Waals surface area contributed by atoms with Gasteiger partial charge in [0.1, 0.15) is 11.6 Å². The highest BCUT2D eigenvalue weighted by Gasteiger charge is 2.31. The van der Waals surface area contributed by atoms with E-state index in [4.69, 9.17) is 5.73 Å². The van der Waals surface area contributed by atoms with E-state index in [2.05, 4.69) is 34.4 Å². The Balaban J connectivity index is 2.08. The molecule has 3 atom stereocenters. The lowest BCUT2D eigenvalue weighted by molar-refractivity contribution is 0.391. The number of nitrogen functional groups attached to an aromatic ring is 1. The van der Waals surface area contributed by atoms with Crippen LogP contribution in [-0.4, -0.2) is 23.1 Å². The number of nitrogens with two attached hydrogens (primary N) is 1. The number of hydrogen-bond acceptors (Lipinski definition) is 5. The minimum Gasteiger partial charge on any atom is -0.373 e. The predicted molar refractivity (Wildman–Crippen MR) is 75.6 cm³/mol. The van der Waals surface area contributed by atoms with Crippen molar-refractivity contribution >= 4 is 17.6 Å². The lowest BCUT2D eigenvalue weighted by Gasteiger charge is -2.21. The summed E-state index contributed by atoms with van der Waals surface area (Å²) in [4.78, 5) is 8.34. The normalized spacial score (nSPS) is 27.2. The van der Waals surface area contributed by atoms with Crippen molar-refractivity contribution in [2.75, 3.05) is 23.4 Å². The van der Waals surface area contributed by atoms with Crippen LogP contribution in [0.3, 0.4) is 0 Å². The van der Waals surface area contributed by atoms with Crippen molar-refractivity contribution in [1.82, 2.24) is 9.97 Å². The minimum atomic E-state index is 0.307. The zero-order valence-corrected chi connectivity index (χ0v) is 11.4. The van der Waals surface area contributed by atoms with Crippen LogP contribution < -0.4 is 16.4 Å². The van der Waals surface area contributed by atoms with E-state index in [1.807, 2.05) is 13.1 Å². The minimum absolute atomic E-state index is 0.307. The molecule has 0 saturated heterocycles. The van der Waals surface area contributed by atoms with Crippen LogP contribution in [-0.2, 0) is 0 Å². The Labute approximate surface area is 109 Å². The zero-order chi connectivity index (χ0) is 13.1. The van der Waals surface area contributed by atoms with Crippen LogP contribution in [0, 0.1) is 11.8 Å². The summed E-state index contributed by atoms with van der Waals surface area (Å²) in [6.45, 7) is 4.59. The standard InChI is InChI=1S/C13H23N5/c1-4-9-5-6-10(8(9)2)16-12-7-11(15-3)17-13(14)18-12/h7-10H,4-6H2,1-3H3,(H4,14,15,16,17,18). The maximum Gasteiger partial charge on any atom is 0.223 e. The van der Waals surface area contributed by atoms with Crippen molar-refractivity contribution in [1.29, 1.82) is 0 Å². The largest absolute Gasteiger partial charge is 0.373 e. The van der Waals surface area contributed by atoms with E-state index in [0.29, 0.717) is 17.9 Å². The van der Waals surface area contributed by atoms with E-state index in [-0.39, 0.29) is 0 Å². The van der Waals surface area contributed by atoms with E-state index in [0.717, 1.165) is 17.6 Å². The second-order valence-corrected chi connectivity index (χ2v) is 5.10. The quantitative estimate of drug-likeness (QED) is 0.763. The predicted octanol–water partition coefficient (Wildman–Crippen LogP) is 2.34. The molecule has 1 aliphatic rings. The molecule has 5 nitrogen and oxygen atoms in total. The first-order chi connectivity index (χ1) is 8.63. The summed E-state index contributed by atoms with van der Waals surface area (Å²) >= 11 is 0. The number of anilines is 3. The van der Waals surface area contributed by atoms with Gasteiger partial charge in [-0.3, -0.25) is 0 Å². The molecule has 18 heavy (non-hydrogen) atoms. The first kappa shape index (κ1) is 12.9. The molecule has 1 fully saturated rings. The molecular weight excluding hydrogens is 226 g/mol. The lowest BCUT2D eigenvalue weighted by atomic mass is 9.93. The monoisotopic (exact) mass is 249 g/mol. The summed E-state index contributed by atoms with van der Waals surface area (Å²) in [6, 6.07) is 2.40. The smallest absolute Gasteiger partial charge is 0.223 e. The molecule has 0 bridgehead atoms. The summed E-state index contributed by atoms with van der Waals surface area (Å²) in [5.41, 5.74) is 5.70. The highest BCUT2D eigenvalue weighted by Crippen LogP contribution is 2.35. The van der Waals surface area contributed by atoms with Gasteiger partial charge in [0, 0.05) is 19.2 Å². The zero-order valence-electron chi connectivity index (χ0n) is 11.4. The summed E-state index contributed by atoms with van der Waals surface area (Å²) in [6.07, 6.45) is 3.76. The molecular formula is C13H23N5. The highest BCUT2D eigenvalue weighted by atomic mass is 15.1. The molecule has 1 aliphatic carbocycles. The number of nitrogens with one attached hydrogen (secondary N) is 2. The molecule has 0 aromatic carbocycles. The van der Waals surface area contributed by atoms with E-state index >= 15 is 0 Å². The molecule has 0 aliphatic heterocycles. The molecule has 1 heterocycles. The summed E-state index contributed by atoms with van der Waals surface area (Å²) < 4.78 is 0. The molecule has 0 radical (unpaired) electrons. The van der Waals surface area contributed by atoms with E-state index in [1.54, 1.807) is 0 Å². The first-order valence-electron chi connectivity index (χ1n) is 6.72. The number of aromatic nitrogens is 2. The first-order valence-corrected chi connectivity index (χ1v) is 6.72. The molecule has 4 N–H and O–H groups in total. The van der Waals surface area contributed by atoms with Gasteiger partial charge in [-0.25, -0.2) is 0 Å². The van der Waals surface area contributed by atoms with Crippen LogP contribution in [0.15, 0.2) is 6.07 Å². The van der Waals surface area contributed by atoms with Crippen LogP contribution in [0.4, 0.5) is 17.6 Å². The molecule has 5 heteroatoms. The second-order valence-electron chi connectivity index (χ2n) is 5.10. The van der Waals surface area contributed by atoms with Crippen LogP contribution in [0.25, 0.3) is 0 Å². The summed E-state index contributed by atoms with van der Waals surface area (Å²) in [5, 5.41) is 6.49. The molecule has 1 aromatic rings. The van der Waals surface area contributed by atoms with Crippen molar-refractivity contribution < 1.29 is 0 Å². The van der Waals surface area contributed by atoms with Gasteiger partial charge in [0.2, 0.25) is 5.95 Å².